The minimum absolute atomic E-state index is 0.0819. The Morgan fingerprint density at radius 3 is 2.28 bits per heavy atom. The normalized spacial score (nSPS) is 12.2. The van der Waals surface area contributed by atoms with Crippen molar-refractivity contribution >= 4 is 28.2 Å². The maximum absolute atomic E-state index is 12.6. The van der Waals surface area contributed by atoms with E-state index in [2.05, 4.69) is 10.3 Å². The van der Waals surface area contributed by atoms with Crippen molar-refractivity contribution in [3.8, 4) is 22.8 Å². The largest absolute Gasteiger partial charge is 0.486 e. The number of carbonyl (C=O) groups is 2. The number of ether oxygens (including phenoxy) is 2. The Morgan fingerprint density at radius 1 is 0.812 bits per heavy atom. The molecule has 0 radical (unpaired) electrons. The first-order valence-electron chi connectivity index (χ1n) is 10.0. The van der Waals surface area contributed by atoms with Gasteiger partial charge in [-0.15, -0.1) is 11.3 Å². The number of thiazole rings is 1. The van der Waals surface area contributed by atoms with Crippen molar-refractivity contribution in [3.05, 3.63) is 94.9 Å². The van der Waals surface area contributed by atoms with Crippen LogP contribution in [0.25, 0.3) is 11.3 Å². The molecule has 7 heteroatoms. The van der Waals surface area contributed by atoms with Gasteiger partial charge >= 0.3 is 0 Å². The van der Waals surface area contributed by atoms with E-state index in [1.54, 1.807) is 36.4 Å². The summed E-state index contributed by atoms with van der Waals surface area (Å²) < 4.78 is 11.2. The average molecular weight is 442 g/mol. The topological polar surface area (TPSA) is 77.5 Å². The number of fused-ring (bicyclic) bond motifs is 1. The summed E-state index contributed by atoms with van der Waals surface area (Å²) in [7, 11) is 0. The van der Waals surface area contributed by atoms with Crippen LogP contribution in [-0.4, -0.2) is 29.9 Å². The van der Waals surface area contributed by atoms with Crippen molar-refractivity contribution in [2.45, 2.75) is 0 Å². The molecule has 1 amide bonds. The molecule has 5 rings (SSSR count). The molecule has 0 saturated heterocycles. The molecule has 0 aliphatic carbocycles. The number of aromatic nitrogens is 1. The molecule has 1 N–H and O–H groups in total. The fraction of sp³-hybridized carbons (Fsp3) is 0.0800. The highest BCUT2D eigenvalue weighted by atomic mass is 32.1. The molecule has 0 atom stereocenters. The zero-order valence-electron chi connectivity index (χ0n) is 16.9. The summed E-state index contributed by atoms with van der Waals surface area (Å²) in [6, 6.07) is 21.3. The number of hydrogen-bond donors (Lipinski definition) is 1. The van der Waals surface area contributed by atoms with E-state index >= 15 is 0 Å². The van der Waals surface area contributed by atoms with Gasteiger partial charge in [0, 0.05) is 27.6 Å². The van der Waals surface area contributed by atoms with E-state index in [1.807, 2.05) is 41.8 Å². The van der Waals surface area contributed by atoms with E-state index in [0.717, 1.165) is 17.0 Å². The molecular weight excluding hydrogens is 424 g/mol. The van der Waals surface area contributed by atoms with Gasteiger partial charge in [0.2, 0.25) is 0 Å². The Kier molecular flexibility index (Phi) is 5.39. The number of amides is 1. The van der Waals surface area contributed by atoms with Crippen molar-refractivity contribution in [2.75, 3.05) is 18.5 Å². The molecule has 0 bridgehead atoms. The van der Waals surface area contributed by atoms with Gasteiger partial charge in [0.15, 0.2) is 22.4 Å². The molecule has 1 aliphatic rings. The van der Waals surface area contributed by atoms with Crippen LogP contribution in [0.5, 0.6) is 11.5 Å². The molecular formula is C25H18N2O4S. The highest BCUT2D eigenvalue weighted by Crippen LogP contribution is 2.35. The van der Waals surface area contributed by atoms with Crippen molar-refractivity contribution < 1.29 is 19.1 Å². The average Bonchev–Trinajstić information content (AvgIpc) is 3.32. The minimum Gasteiger partial charge on any atom is -0.486 e. The van der Waals surface area contributed by atoms with Gasteiger partial charge in [-0.25, -0.2) is 4.98 Å². The fourth-order valence-electron chi connectivity index (χ4n) is 3.36. The molecule has 1 aromatic heterocycles. The van der Waals surface area contributed by atoms with Crippen molar-refractivity contribution in [3.63, 3.8) is 0 Å². The van der Waals surface area contributed by atoms with Gasteiger partial charge < -0.3 is 9.47 Å². The van der Waals surface area contributed by atoms with Crippen LogP contribution in [-0.2, 0) is 0 Å². The van der Waals surface area contributed by atoms with Crippen LogP contribution in [0, 0.1) is 0 Å². The summed E-state index contributed by atoms with van der Waals surface area (Å²) in [6.07, 6.45) is 0. The fourth-order valence-corrected chi connectivity index (χ4v) is 4.08. The third kappa shape index (κ3) is 4.10. The Hall–Kier alpha value is -3.97. The number of nitrogens with one attached hydrogen (secondary N) is 1. The third-order valence-electron chi connectivity index (χ3n) is 5.01. The Morgan fingerprint density at radius 2 is 1.50 bits per heavy atom. The van der Waals surface area contributed by atoms with Gasteiger partial charge in [-0.1, -0.05) is 42.5 Å². The minimum atomic E-state index is -0.285. The van der Waals surface area contributed by atoms with Crippen LogP contribution >= 0.6 is 11.3 Å². The van der Waals surface area contributed by atoms with E-state index in [4.69, 9.17) is 9.47 Å². The van der Waals surface area contributed by atoms with Crippen LogP contribution in [0.2, 0.25) is 0 Å². The second-order valence-corrected chi connectivity index (χ2v) is 7.98. The van der Waals surface area contributed by atoms with Crippen molar-refractivity contribution in [2.24, 2.45) is 0 Å². The smallest absolute Gasteiger partial charge is 0.257 e. The lowest BCUT2D eigenvalue weighted by atomic mass is 10.0. The number of anilines is 1. The summed E-state index contributed by atoms with van der Waals surface area (Å²) in [5, 5.41) is 5.19. The van der Waals surface area contributed by atoms with Crippen LogP contribution in [0.4, 0.5) is 5.13 Å². The predicted molar refractivity (Wildman–Crippen MR) is 123 cm³/mol. The molecule has 32 heavy (non-hydrogen) atoms. The Labute approximate surface area is 188 Å². The second kappa shape index (κ2) is 8.64. The molecule has 3 aromatic carbocycles. The molecule has 1 aliphatic heterocycles. The van der Waals surface area contributed by atoms with Crippen LogP contribution in [0.3, 0.4) is 0 Å². The van der Waals surface area contributed by atoms with Gasteiger partial charge in [-0.2, -0.15) is 0 Å². The maximum atomic E-state index is 12.6. The SMILES string of the molecule is O=C(Nc1nc(-c2ccc3c(c2)OCCO3)cs1)c1ccc(C(=O)c2ccccc2)cc1. The summed E-state index contributed by atoms with van der Waals surface area (Å²) in [4.78, 5) is 29.7. The first-order chi connectivity index (χ1) is 15.7. The molecule has 2 heterocycles. The van der Waals surface area contributed by atoms with Crippen LogP contribution in [0.15, 0.2) is 78.2 Å². The third-order valence-corrected chi connectivity index (χ3v) is 5.77. The number of rotatable bonds is 5. The first-order valence-corrected chi connectivity index (χ1v) is 10.9. The molecule has 158 valence electrons. The Bertz CT molecular complexity index is 1280. The molecule has 0 spiro atoms. The predicted octanol–water partition coefficient (Wildman–Crippen LogP) is 5.06. The second-order valence-electron chi connectivity index (χ2n) is 7.12. The zero-order valence-corrected chi connectivity index (χ0v) is 17.7. The van der Waals surface area contributed by atoms with E-state index in [-0.39, 0.29) is 11.7 Å². The molecule has 0 unspecified atom stereocenters. The monoisotopic (exact) mass is 442 g/mol. The van der Waals surface area contributed by atoms with Gasteiger partial charge in [0.1, 0.15) is 13.2 Å². The van der Waals surface area contributed by atoms with Crippen molar-refractivity contribution in [1.82, 2.24) is 4.98 Å². The highest BCUT2D eigenvalue weighted by Gasteiger charge is 2.15. The summed E-state index contributed by atoms with van der Waals surface area (Å²) in [6.45, 7) is 1.06. The first kappa shape index (κ1) is 20.0. The maximum Gasteiger partial charge on any atom is 0.257 e. The van der Waals surface area contributed by atoms with E-state index < -0.39 is 0 Å². The lowest BCUT2D eigenvalue weighted by Crippen LogP contribution is -2.15. The Balaban J connectivity index is 1.28. The lowest BCUT2D eigenvalue weighted by molar-refractivity contribution is 0.102. The van der Waals surface area contributed by atoms with Crippen LogP contribution < -0.4 is 14.8 Å². The van der Waals surface area contributed by atoms with Crippen LogP contribution in [0.1, 0.15) is 26.3 Å². The van der Waals surface area contributed by atoms with Gasteiger partial charge in [0.05, 0.1) is 5.69 Å². The molecule has 0 fully saturated rings. The van der Waals surface area contributed by atoms with E-state index in [9.17, 15) is 9.59 Å². The molecule has 0 saturated carbocycles. The van der Waals surface area contributed by atoms with Gasteiger partial charge in [-0.3, -0.25) is 14.9 Å². The standard InChI is InChI=1S/C25H18N2O4S/c28-23(16-4-2-1-3-5-16)17-6-8-18(9-7-17)24(29)27-25-26-20(15-32-25)19-10-11-21-22(14-19)31-13-12-30-21/h1-11,14-15H,12-13H2,(H,26,27,29). The van der Waals surface area contributed by atoms with E-state index in [0.29, 0.717) is 40.8 Å². The zero-order chi connectivity index (χ0) is 21.9. The number of nitrogens with zero attached hydrogens (tertiary/aromatic N) is 1. The van der Waals surface area contributed by atoms with Gasteiger partial charge in [0.25, 0.3) is 5.91 Å². The van der Waals surface area contributed by atoms with Gasteiger partial charge in [-0.05, 0) is 30.3 Å². The molecule has 6 nitrogen and oxygen atoms in total. The number of carbonyl (C=O) groups excluding carboxylic acids is 2. The number of ketones is 1. The summed E-state index contributed by atoms with van der Waals surface area (Å²) in [5.74, 6) is 1.05. The highest BCUT2D eigenvalue weighted by molar-refractivity contribution is 7.14. The lowest BCUT2D eigenvalue weighted by Gasteiger charge is -2.18. The summed E-state index contributed by atoms with van der Waals surface area (Å²) in [5.41, 5.74) is 3.22. The number of hydrogen-bond acceptors (Lipinski definition) is 6. The van der Waals surface area contributed by atoms with E-state index in [1.165, 1.54) is 11.3 Å². The molecule has 4 aromatic rings. The summed E-state index contributed by atoms with van der Waals surface area (Å²) >= 11 is 1.34. The quantitative estimate of drug-likeness (QED) is 0.437. The van der Waals surface area contributed by atoms with Crippen molar-refractivity contribution in [1.29, 1.82) is 0 Å². The number of benzene rings is 3.